The molecule has 4 amide bonds. The average molecular weight is 1500 g/mol. The Morgan fingerprint density at radius 2 is 0.898 bits per heavy atom. The summed E-state index contributed by atoms with van der Waals surface area (Å²) in [4.78, 5) is 74.7. The number of amides is 4. The molecule has 5 aliphatic heterocycles. The highest BCUT2D eigenvalue weighted by Crippen LogP contribution is 2.43. The number of benzene rings is 8. The van der Waals surface area contributed by atoms with Crippen LogP contribution in [0.3, 0.4) is 0 Å². The van der Waals surface area contributed by atoms with Crippen LogP contribution in [-0.2, 0) is 79.8 Å². The summed E-state index contributed by atoms with van der Waals surface area (Å²) < 4.78 is 62.2. The van der Waals surface area contributed by atoms with Gasteiger partial charge in [0.1, 0.15) is 41.7 Å². The molecule has 5 saturated heterocycles. The summed E-state index contributed by atoms with van der Waals surface area (Å²) in [6.45, 7) is 7.26. The number of aromatic amines is 1. The van der Waals surface area contributed by atoms with Crippen LogP contribution in [0.4, 0.5) is 21.2 Å². The number of aliphatic hydroxyl groups excluding tert-OH is 2. The van der Waals surface area contributed by atoms with E-state index in [0.717, 1.165) is 60.8 Å². The second kappa shape index (κ2) is 32.1. The van der Waals surface area contributed by atoms with Crippen molar-refractivity contribution in [3.05, 3.63) is 251 Å². The van der Waals surface area contributed by atoms with E-state index in [1.807, 2.05) is 162 Å². The van der Waals surface area contributed by atoms with Gasteiger partial charge in [-0.2, -0.15) is 10.2 Å². The predicted octanol–water partition coefficient (Wildman–Crippen LogP) is 8.65. The number of hydrogen-bond donors (Lipinski definition) is 9. The van der Waals surface area contributed by atoms with Gasteiger partial charge in [0.25, 0.3) is 0 Å². The summed E-state index contributed by atoms with van der Waals surface area (Å²) in [5.74, 6) is 0.602. The lowest BCUT2D eigenvalue weighted by atomic mass is 9.76. The monoisotopic (exact) mass is 1500 g/mol. The maximum absolute atomic E-state index is 15.7. The molecule has 5 fully saturated rings. The molecular weight excluding hydrogens is 1420 g/mol. The number of ether oxygens (including phenoxy) is 4. The van der Waals surface area contributed by atoms with Crippen LogP contribution >= 0.6 is 15.2 Å². The Bertz CT molecular complexity index is 4840. The fourth-order valence-corrected chi connectivity index (χ4v) is 15.5. The summed E-state index contributed by atoms with van der Waals surface area (Å²) in [5, 5.41) is 48.0. The Hall–Kier alpha value is -9.35. The van der Waals surface area contributed by atoms with Gasteiger partial charge < -0.3 is 93.1 Å². The Labute approximate surface area is 625 Å². The molecule has 7 heterocycles. The van der Waals surface area contributed by atoms with E-state index in [-0.39, 0.29) is 64.5 Å². The van der Waals surface area contributed by atoms with Crippen molar-refractivity contribution >= 4 is 81.8 Å². The summed E-state index contributed by atoms with van der Waals surface area (Å²) in [5.41, 5.74) is 14.6. The third-order valence-corrected chi connectivity index (χ3v) is 21.0. The number of fused-ring (bicyclic) bond motifs is 3. The quantitative estimate of drug-likeness (QED) is 0.0139. The molecule has 2 aromatic heterocycles. The van der Waals surface area contributed by atoms with Crippen molar-refractivity contribution in [2.45, 2.75) is 127 Å². The number of rotatable bonds is 26. The van der Waals surface area contributed by atoms with Gasteiger partial charge in [0, 0.05) is 37.0 Å². The number of hydrogen-bond acceptors (Lipinski definition) is 17. The summed E-state index contributed by atoms with van der Waals surface area (Å²) in [6, 6.07) is 61.2. The number of nitrogen functional groups attached to an aromatic ring is 1. The Morgan fingerprint density at radius 1 is 0.537 bits per heavy atom. The second-order valence-corrected chi connectivity index (χ2v) is 31.7. The van der Waals surface area contributed by atoms with Gasteiger partial charge in [-0.15, -0.1) is 0 Å². The molecule has 0 saturated carbocycles. The van der Waals surface area contributed by atoms with Gasteiger partial charge >= 0.3 is 48.4 Å². The minimum atomic E-state index is -4.38. The van der Waals surface area contributed by atoms with E-state index in [0.29, 0.717) is 55.2 Å². The van der Waals surface area contributed by atoms with Gasteiger partial charge in [-0.3, -0.25) is 18.8 Å². The van der Waals surface area contributed by atoms with Crippen LogP contribution < -0.4 is 19.9 Å². The van der Waals surface area contributed by atoms with E-state index in [9.17, 15) is 48.7 Å². The van der Waals surface area contributed by atoms with E-state index in [1.165, 1.54) is 0 Å². The number of carbonyl (C=O) groups is 2. The topological polar surface area (TPSA) is 361 Å². The van der Waals surface area contributed by atoms with Crippen LogP contribution in [0.5, 0.6) is 11.5 Å². The van der Waals surface area contributed by atoms with E-state index in [4.69, 9.17) is 39.1 Å². The fourth-order valence-electron chi connectivity index (χ4n) is 14.8. The number of urea groups is 2. The van der Waals surface area contributed by atoms with E-state index < -0.39 is 89.3 Å². The van der Waals surface area contributed by atoms with Crippen LogP contribution in [0, 0.1) is 0 Å². The molecule has 10 aromatic rings. The van der Waals surface area contributed by atoms with Crippen LogP contribution in [0.2, 0.25) is 6.82 Å². The maximum Gasteiger partial charge on any atom is 0.431 e. The highest BCUT2D eigenvalue weighted by Gasteiger charge is 2.56. The Kier molecular flexibility index (Phi) is 22.4. The Morgan fingerprint density at radius 3 is 1.29 bits per heavy atom. The van der Waals surface area contributed by atoms with Crippen LogP contribution in [-0.4, -0.2) is 188 Å². The normalized spacial score (nSPS) is 21.3. The van der Waals surface area contributed by atoms with E-state index >= 15 is 4.79 Å². The standard InChI is InChI=1S/C41H47B3N5O10P.C35H38N5O7P/c1-41(2)58-37-35(21-28-10-6-4-7-11-28)46(23-30-14-17-32(18-15-30)55-27-60(52,53)54)40(50)47(36(38(37)59-41)22-29-12-8-5-9-13-29)24-31-16-19-34-33(20-31)39(45-49(34)42(3)51)48(43-25-56-43)44-26-57-44;36-34-28-17-26(13-16-29(28)37-38-34)21-40-31(19-24-9-5-2-6-10-24)33(42)32(41)30(18-23-7-3-1-4-8-23)39(35(40)43)20-25-11-14-27(15-12-25)47-22-48(44,45)46/h4-20,35-38,51H,21-27H2,1-3H3,(H2,52,53,54);1-17,30-33,41-42H,18-22H2,(H3,36,37,38)(H2,44,45,46)/t35-,36-,37+,38+;30-,31-,32+,33+/m11/s1. The molecule has 560 valence electrons. The lowest BCUT2D eigenvalue weighted by Gasteiger charge is -2.37. The van der Waals surface area contributed by atoms with Crippen LogP contribution in [0.25, 0.3) is 21.8 Å². The highest BCUT2D eigenvalue weighted by molar-refractivity contribution is 7.51. The third-order valence-electron chi connectivity index (χ3n) is 20.1. The molecule has 0 spiro atoms. The molecule has 0 aliphatic carbocycles. The SMILES string of the molecule is CB(O)n1nc(N(B2CO2)B2CO2)c2cc(CN3C(=O)N(Cc4ccc(OCP(=O)(O)O)cc4)[C@H](Cc4ccccc4)[C@@H]4OC(C)(C)O[C@H]4[C@H]3Cc3ccccc3)ccc21.Nc1n[nH]c2ccc(CN3C(=O)N(Cc4ccc(OCP(=O)(O)O)cc4)[C@H](Cc4ccccc4)[C@H](O)[C@@H](O)[C@H]3Cc3ccccc3)cc12. The molecule has 27 nitrogen and oxygen atoms in total. The number of nitrogens with two attached hydrogens (primary N) is 1. The lowest BCUT2D eigenvalue weighted by molar-refractivity contribution is -0.157. The predicted molar refractivity (Wildman–Crippen MR) is 408 cm³/mol. The second-order valence-electron chi connectivity index (χ2n) is 28.5. The first kappa shape index (κ1) is 75.5. The first-order chi connectivity index (χ1) is 51.9. The van der Waals surface area contributed by atoms with Crippen molar-refractivity contribution in [3.8, 4) is 11.5 Å². The molecule has 0 bridgehead atoms. The summed E-state index contributed by atoms with van der Waals surface area (Å²) in [6.07, 6.45) is -3.52. The van der Waals surface area contributed by atoms with Crippen molar-refractivity contribution in [1.82, 2.24) is 39.5 Å². The zero-order chi connectivity index (χ0) is 75.6. The minimum Gasteiger partial charge on any atom is -0.481 e. The van der Waals surface area contributed by atoms with Crippen molar-refractivity contribution in [3.63, 3.8) is 0 Å². The molecular formula is C76H85B3N10O17P2. The maximum atomic E-state index is 15.7. The molecule has 108 heavy (non-hydrogen) atoms. The molecule has 32 heteroatoms. The first-order valence-corrected chi connectivity index (χ1v) is 39.4. The number of aliphatic hydroxyl groups is 2. The van der Waals surface area contributed by atoms with Gasteiger partial charge in [0.2, 0.25) is 0 Å². The van der Waals surface area contributed by atoms with Gasteiger partial charge in [0.05, 0.1) is 48.2 Å². The van der Waals surface area contributed by atoms with Crippen molar-refractivity contribution in [2.75, 3.05) is 36.2 Å². The minimum absolute atomic E-state index is 0.0845. The van der Waals surface area contributed by atoms with Crippen molar-refractivity contribution in [1.29, 1.82) is 0 Å². The van der Waals surface area contributed by atoms with E-state index in [2.05, 4.69) is 34.5 Å². The van der Waals surface area contributed by atoms with Crippen molar-refractivity contribution in [2.24, 2.45) is 0 Å². The first-order valence-electron chi connectivity index (χ1n) is 35.8. The third kappa shape index (κ3) is 18.0. The summed E-state index contributed by atoms with van der Waals surface area (Å²) >= 11 is 0. The van der Waals surface area contributed by atoms with Gasteiger partial charge in [-0.05, 0) is 139 Å². The van der Waals surface area contributed by atoms with Gasteiger partial charge in [0.15, 0.2) is 24.3 Å². The molecule has 8 atom stereocenters. The van der Waals surface area contributed by atoms with Gasteiger partial charge in [-0.1, -0.05) is 158 Å². The van der Waals surface area contributed by atoms with Gasteiger partial charge in [-0.25, -0.2) is 9.59 Å². The van der Waals surface area contributed by atoms with E-state index in [1.54, 1.807) is 69.7 Å². The summed E-state index contributed by atoms with van der Waals surface area (Å²) in [7, 11) is -9.98. The largest absolute Gasteiger partial charge is 0.481 e. The molecule has 8 aromatic carbocycles. The van der Waals surface area contributed by atoms with Crippen LogP contribution in [0.15, 0.2) is 206 Å². The lowest BCUT2D eigenvalue weighted by Crippen LogP contribution is -2.51. The highest BCUT2D eigenvalue weighted by atomic mass is 31.2. The molecule has 0 unspecified atom stereocenters. The molecule has 5 aliphatic rings. The molecule has 15 rings (SSSR count). The number of anilines is 2. The van der Waals surface area contributed by atoms with Crippen molar-refractivity contribution < 1.29 is 81.8 Å². The zero-order valence-electron chi connectivity index (χ0n) is 59.7. The number of nitrogens with zero attached hydrogens (tertiary/aromatic N) is 8. The zero-order valence-corrected chi connectivity index (χ0v) is 61.5. The number of aromatic nitrogens is 4. The fraction of sp³-hybridized carbons (Fsp3) is 0.316. The average Bonchev–Trinajstić information content (AvgIpc) is 1.59. The van der Waals surface area contributed by atoms with Crippen LogP contribution in [0.1, 0.15) is 58.4 Å². The smallest absolute Gasteiger partial charge is 0.431 e. The number of H-pyrrole nitrogens is 1. The number of nitrogens with one attached hydrogen (secondary N) is 1. The molecule has 10 N–H and O–H groups in total. The molecule has 0 radical (unpaired) electrons. The Balaban J connectivity index is 0.000000186. The number of carbonyl (C=O) groups excluding carboxylic acids is 2.